The number of fused-ring (bicyclic) bond motifs is 1. The molecule has 1 aromatic heterocycles. The molecular weight excluding hydrogens is 327 g/mol. The van der Waals surface area contributed by atoms with Crippen molar-refractivity contribution in [2.75, 3.05) is 0 Å². The molecule has 4 nitrogen and oxygen atoms in total. The van der Waals surface area contributed by atoms with Gasteiger partial charge in [-0.2, -0.15) is 0 Å². The zero-order valence-electron chi connectivity index (χ0n) is 13.3. The van der Waals surface area contributed by atoms with Gasteiger partial charge in [0.15, 0.2) is 0 Å². The van der Waals surface area contributed by atoms with Gasteiger partial charge in [-0.05, 0) is 37.6 Å². The molecule has 1 heterocycles. The SMILES string of the molecule is Cc1cnc2c(S(=O)(=O)NC(C)c3ccccc3F)cccc2c1. The van der Waals surface area contributed by atoms with Crippen molar-refractivity contribution in [1.29, 1.82) is 0 Å². The summed E-state index contributed by atoms with van der Waals surface area (Å²) in [4.78, 5) is 4.34. The van der Waals surface area contributed by atoms with E-state index in [9.17, 15) is 12.8 Å². The van der Waals surface area contributed by atoms with Crippen LogP contribution in [0.15, 0.2) is 59.6 Å². The summed E-state index contributed by atoms with van der Waals surface area (Å²) in [7, 11) is -3.84. The van der Waals surface area contributed by atoms with Crippen molar-refractivity contribution >= 4 is 20.9 Å². The minimum Gasteiger partial charge on any atom is -0.255 e. The quantitative estimate of drug-likeness (QED) is 0.785. The zero-order valence-corrected chi connectivity index (χ0v) is 14.1. The van der Waals surface area contributed by atoms with Gasteiger partial charge in [-0.1, -0.05) is 30.3 Å². The minimum atomic E-state index is -3.84. The van der Waals surface area contributed by atoms with E-state index in [4.69, 9.17) is 0 Å². The number of sulfonamides is 1. The molecule has 6 heteroatoms. The standard InChI is InChI=1S/C18H17FN2O2S/c1-12-10-14-6-5-9-17(18(14)20-11-12)24(22,23)21-13(2)15-7-3-4-8-16(15)19/h3-11,13,21H,1-2H3. The van der Waals surface area contributed by atoms with Gasteiger partial charge in [0.2, 0.25) is 10.0 Å². The molecule has 1 atom stereocenters. The summed E-state index contributed by atoms with van der Waals surface area (Å²) >= 11 is 0. The van der Waals surface area contributed by atoms with Gasteiger partial charge in [0.1, 0.15) is 10.7 Å². The van der Waals surface area contributed by atoms with Gasteiger partial charge in [0.25, 0.3) is 0 Å². The van der Waals surface area contributed by atoms with E-state index in [-0.39, 0.29) is 4.90 Å². The van der Waals surface area contributed by atoms with Crippen LogP contribution in [0.1, 0.15) is 24.1 Å². The second-order valence-electron chi connectivity index (χ2n) is 5.71. The molecule has 1 N–H and O–H groups in total. The van der Waals surface area contributed by atoms with Crippen molar-refractivity contribution in [2.45, 2.75) is 24.8 Å². The molecule has 0 aliphatic rings. The van der Waals surface area contributed by atoms with E-state index in [1.807, 2.05) is 19.1 Å². The van der Waals surface area contributed by atoms with E-state index < -0.39 is 21.9 Å². The monoisotopic (exact) mass is 344 g/mol. The minimum absolute atomic E-state index is 0.0863. The Morgan fingerprint density at radius 2 is 1.88 bits per heavy atom. The Kier molecular flexibility index (Phi) is 4.34. The molecule has 3 rings (SSSR count). The molecule has 0 saturated heterocycles. The number of hydrogen-bond acceptors (Lipinski definition) is 3. The summed E-state index contributed by atoms with van der Waals surface area (Å²) in [6.07, 6.45) is 1.63. The highest BCUT2D eigenvalue weighted by molar-refractivity contribution is 7.89. The molecule has 0 aliphatic heterocycles. The number of aromatic nitrogens is 1. The number of aryl methyl sites for hydroxylation is 1. The Bertz CT molecular complexity index is 1000. The average Bonchev–Trinajstić information content (AvgIpc) is 2.53. The predicted octanol–water partition coefficient (Wildman–Crippen LogP) is 3.72. The fourth-order valence-corrected chi connectivity index (χ4v) is 4.05. The number of pyridine rings is 1. The molecule has 0 fully saturated rings. The lowest BCUT2D eigenvalue weighted by molar-refractivity contribution is 0.550. The van der Waals surface area contributed by atoms with Crippen LogP contribution in [0.5, 0.6) is 0 Å². The molecule has 124 valence electrons. The van der Waals surface area contributed by atoms with Crippen LogP contribution in [-0.2, 0) is 10.0 Å². The van der Waals surface area contributed by atoms with Gasteiger partial charge in [-0.15, -0.1) is 0 Å². The maximum atomic E-state index is 13.9. The first-order valence-electron chi connectivity index (χ1n) is 7.50. The number of para-hydroxylation sites is 1. The summed E-state index contributed by atoms with van der Waals surface area (Å²) in [6, 6.07) is 12.3. The number of nitrogens with one attached hydrogen (secondary N) is 1. The first-order chi connectivity index (χ1) is 11.4. The first kappa shape index (κ1) is 16.5. The van der Waals surface area contributed by atoms with E-state index in [2.05, 4.69) is 9.71 Å². The molecule has 2 aromatic carbocycles. The van der Waals surface area contributed by atoms with Crippen molar-refractivity contribution in [3.8, 4) is 0 Å². The third-order valence-corrected chi connectivity index (χ3v) is 5.38. The predicted molar refractivity (Wildman–Crippen MR) is 91.6 cm³/mol. The summed E-state index contributed by atoms with van der Waals surface area (Å²) in [6.45, 7) is 3.50. The lowest BCUT2D eigenvalue weighted by Gasteiger charge is -2.16. The molecule has 24 heavy (non-hydrogen) atoms. The van der Waals surface area contributed by atoms with E-state index in [1.165, 1.54) is 12.1 Å². The van der Waals surface area contributed by atoms with Crippen molar-refractivity contribution in [3.05, 3.63) is 71.7 Å². The number of hydrogen-bond donors (Lipinski definition) is 1. The maximum absolute atomic E-state index is 13.9. The Morgan fingerprint density at radius 1 is 1.12 bits per heavy atom. The van der Waals surface area contributed by atoms with Gasteiger partial charge in [-0.3, -0.25) is 4.98 Å². The molecule has 1 unspecified atom stereocenters. The average molecular weight is 344 g/mol. The zero-order chi connectivity index (χ0) is 17.3. The summed E-state index contributed by atoms with van der Waals surface area (Å²) in [5, 5.41) is 0.747. The maximum Gasteiger partial charge on any atom is 0.243 e. The van der Waals surface area contributed by atoms with Gasteiger partial charge in [-0.25, -0.2) is 17.5 Å². The number of nitrogens with zero attached hydrogens (tertiary/aromatic N) is 1. The molecule has 0 radical (unpaired) electrons. The van der Waals surface area contributed by atoms with Crippen LogP contribution in [0.4, 0.5) is 4.39 Å². The van der Waals surface area contributed by atoms with Crippen molar-refractivity contribution in [2.24, 2.45) is 0 Å². The normalized spacial score (nSPS) is 13.1. The van der Waals surface area contributed by atoms with Gasteiger partial charge in [0.05, 0.1) is 5.52 Å². The Labute approximate surface area is 140 Å². The summed E-state index contributed by atoms with van der Waals surface area (Å²) in [5.74, 6) is -0.445. The van der Waals surface area contributed by atoms with Crippen molar-refractivity contribution in [3.63, 3.8) is 0 Å². The van der Waals surface area contributed by atoms with Crippen LogP contribution in [0.2, 0.25) is 0 Å². The molecule has 0 aliphatic carbocycles. The van der Waals surface area contributed by atoms with Crippen LogP contribution < -0.4 is 4.72 Å². The van der Waals surface area contributed by atoms with Crippen molar-refractivity contribution in [1.82, 2.24) is 9.71 Å². The number of rotatable bonds is 4. The Balaban J connectivity index is 2.01. The summed E-state index contributed by atoms with van der Waals surface area (Å²) in [5.41, 5.74) is 1.64. The van der Waals surface area contributed by atoms with Crippen LogP contribution >= 0.6 is 0 Å². The highest BCUT2D eigenvalue weighted by Crippen LogP contribution is 2.24. The van der Waals surface area contributed by atoms with Gasteiger partial charge in [0, 0.05) is 23.2 Å². The lowest BCUT2D eigenvalue weighted by Crippen LogP contribution is -2.27. The lowest BCUT2D eigenvalue weighted by atomic mass is 10.1. The van der Waals surface area contributed by atoms with E-state index >= 15 is 0 Å². The van der Waals surface area contributed by atoms with Crippen molar-refractivity contribution < 1.29 is 12.8 Å². The Morgan fingerprint density at radius 3 is 2.62 bits per heavy atom. The topological polar surface area (TPSA) is 59.1 Å². The largest absolute Gasteiger partial charge is 0.255 e. The highest BCUT2D eigenvalue weighted by atomic mass is 32.2. The van der Waals surface area contributed by atoms with Gasteiger partial charge < -0.3 is 0 Å². The van der Waals surface area contributed by atoms with Crippen LogP contribution in [-0.4, -0.2) is 13.4 Å². The van der Waals surface area contributed by atoms with Gasteiger partial charge >= 0.3 is 0 Å². The van der Waals surface area contributed by atoms with E-state index in [0.29, 0.717) is 11.1 Å². The molecule has 0 saturated carbocycles. The molecule has 0 amide bonds. The second-order valence-corrected chi connectivity index (χ2v) is 7.39. The van der Waals surface area contributed by atoms with E-state index in [1.54, 1.807) is 37.4 Å². The Hall–Kier alpha value is -2.31. The smallest absolute Gasteiger partial charge is 0.243 e. The van der Waals surface area contributed by atoms with Crippen LogP contribution in [0, 0.1) is 12.7 Å². The third kappa shape index (κ3) is 3.16. The molecule has 0 bridgehead atoms. The van der Waals surface area contributed by atoms with Crippen LogP contribution in [0.3, 0.4) is 0 Å². The molecular formula is C18H17FN2O2S. The fraction of sp³-hybridized carbons (Fsp3) is 0.167. The highest BCUT2D eigenvalue weighted by Gasteiger charge is 2.22. The number of halogens is 1. The molecule has 3 aromatic rings. The first-order valence-corrected chi connectivity index (χ1v) is 8.99. The van der Waals surface area contributed by atoms with Crippen LogP contribution in [0.25, 0.3) is 10.9 Å². The fourth-order valence-electron chi connectivity index (χ4n) is 2.65. The third-order valence-electron chi connectivity index (χ3n) is 3.80. The number of benzene rings is 2. The van der Waals surface area contributed by atoms with E-state index in [0.717, 1.165) is 10.9 Å². The second kappa shape index (κ2) is 6.30. The summed E-state index contributed by atoms with van der Waals surface area (Å²) < 4.78 is 41.9. The molecule has 0 spiro atoms.